The van der Waals surface area contributed by atoms with E-state index in [0.717, 1.165) is 25.6 Å². The first kappa shape index (κ1) is 12.0. The smallest absolute Gasteiger partial charge is 0.0702 e. The molecule has 0 aromatic heterocycles. The second kappa shape index (κ2) is 6.41. The van der Waals surface area contributed by atoms with Crippen LogP contribution in [0.3, 0.4) is 0 Å². The van der Waals surface area contributed by atoms with Gasteiger partial charge in [0, 0.05) is 19.6 Å². The summed E-state index contributed by atoms with van der Waals surface area (Å²) in [6.07, 6.45) is 4.33. The van der Waals surface area contributed by atoms with Crippen LogP contribution in [0.1, 0.15) is 40.0 Å². The van der Waals surface area contributed by atoms with Crippen LogP contribution in [0, 0.1) is 5.92 Å². The maximum absolute atomic E-state index is 5.75. The van der Waals surface area contributed by atoms with E-state index in [2.05, 4.69) is 25.7 Å². The van der Waals surface area contributed by atoms with Crippen molar-refractivity contribution in [2.45, 2.75) is 46.1 Å². The largest absolute Gasteiger partial charge is 0.376 e. The van der Waals surface area contributed by atoms with Crippen molar-refractivity contribution in [3.8, 4) is 0 Å². The molecule has 0 spiro atoms. The Bertz CT molecular complexity index is 147. The number of nitrogens with zero attached hydrogens (tertiary/aromatic N) is 1. The van der Waals surface area contributed by atoms with Gasteiger partial charge in [0.2, 0.25) is 0 Å². The molecule has 1 heterocycles. The Hall–Kier alpha value is -0.0800. The van der Waals surface area contributed by atoms with Crippen molar-refractivity contribution in [2.24, 2.45) is 5.92 Å². The molecule has 0 aromatic carbocycles. The number of rotatable bonds is 5. The monoisotopic (exact) mass is 199 g/mol. The highest BCUT2D eigenvalue weighted by atomic mass is 16.5. The van der Waals surface area contributed by atoms with E-state index in [1.165, 1.54) is 25.8 Å². The highest BCUT2D eigenvalue weighted by Crippen LogP contribution is 2.12. The topological polar surface area (TPSA) is 12.5 Å². The Labute approximate surface area is 88.6 Å². The van der Waals surface area contributed by atoms with Crippen molar-refractivity contribution >= 4 is 0 Å². The van der Waals surface area contributed by atoms with Crippen LogP contribution in [0.5, 0.6) is 0 Å². The number of morpholine rings is 1. The van der Waals surface area contributed by atoms with E-state index < -0.39 is 0 Å². The zero-order chi connectivity index (χ0) is 10.4. The lowest BCUT2D eigenvalue weighted by atomic mass is 10.1. The number of unbranched alkanes of at least 4 members (excludes halogenated alkanes) is 1. The van der Waals surface area contributed by atoms with Crippen LogP contribution in [0.2, 0.25) is 0 Å². The van der Waals surface area contributed by atoms with Gasteiger partial charge in [-0.05, 0) is 12.3 Å². The average Bonchev–Trinajstić information content (AvgIpc) is 2.14. The Kier molecular flexibility index (Phi) is 5.49. The third kappa shape index (κ3) is 4.43. The molecule has 1 rings (SSSR count). The molecule has 1 saturated heterocycles. The van der Waals surface area contributed by atoms with Crippen LogP contribution in [-0.2, 0) is 4.74 Å². The summed E-state index contributed by atoms with van der Waals surface area (Å²) in [5.41, 5.74) is 0. The van der Waals surface area contributed by atoms with E-state index in [0.29, 0.717) is 6.10 Å². The summed E-state index contributed by atoms with van der Waals surface area (Å²) in [7, 11) is 0. The molecule has 0 N–H and O–H groups in total. The summed E-state index contributed by atoms with van der Waals surface area (Å²) >= 11 is 0. The van der Waals surface area contributed by atoms with Crippen molar-refractivity contribution < 1.29 is 4.74 Å². The molecule has 1 aliphatic rings. The fraction of sp³-hybridized carbons (Fsp3) is 1.00. The first-order valence-corrected chi connectivity index (χ1v) is 6.06. The van der Waals surface area contributed by atoms with Gasteiger partial charge < -0.3 is 4.74 Å². The van der Waals surface area contributed by atoms with E-state index in [1.54, 1.807) is 0 Å². The van der Waals surface area contributed by atoms with Crippen LogP contribution in [0.25, 0.3) is 0 Å². The molecule has 2 nitrogen and oxygen atoms in total. The van der Waals surface area contributed by atoms with E-state index in [-0.39, 0.29) is 0 Å². The Morgan fingerprint density at radius 3 is 2.86 bits per heavy atom. The summed E-state index contributed by atoms with van der Waals surface area (Å²) in [6.45, 7) is 11.3. The Balaban J connectivity index is 2.21. The van der Waals surface area contributed by atoms with Crippen molar-refractivity contribution in [1.82, 2.24) is 4.90 Å². The van der Waals surface area contributed by atoms with Gasteiger partial charge in [0.1, 0.15) is 0 Å². The van der Waals surface area contributed by atoms with Crippen LogP contribution >= 0.6 is 0 Å². The minimum Gasteiger partial charge on any atom is -0.376 e. The lowest BCUT2D eigenvalue weighted by molar-refractivity contribution is -0.0358. The summed E-state index contributed by atoms with van der Waals surface area (Å²) < 4.78 is 5.75. The van der Waals surface area contributed by atoms with E-state index >= 15 is 0 Å². The Morgan fingerprint density at radius 1 is 1.43 bits per heavy atom. The fourth-order valence-electron chi connectivity index (χ4n) is 2.07. The first-order chi connectivity index (χ1) is 6.72. The second-order valence-corrected chi connectivity index (χ2v) is 4.79. The van der Waals surface area contributed by atoms with Crippen molar-refractivity contribution in [3.05, 3.63) is 0 Å². The first-order valence-electron chi connectivity index (χ1n) is 6.06. The van der Waals surface area contributed by atoms with Crippen LogP contribution in [0.15, 0.2) is 0 Å². The van der Waals surface area contributed by atoms with Crippen LogP contribution < -0.4 is 0 Å². The molecule has 1 unspecified atom stereocenters. The molecule has 1 fully saturated rings. The molecule has 2 heteroatoms. The molecule has 0 aromatic rings. The quantitative estimate of drug-likeness (QED) is 0.674. The van der Waals surface area contributed by atoms with Crippen LogP contribution in [-0.4, -0.2) is 37.2 Å². The van der Waals surface area contributed by atoms with Gasteiger partial charge in [-0.15, -0.1) is 0 Å². The zero-order valence-corrected chi connectivity index (χ0v) is 9.96. The SMILES string of the molecule is CCCCC1CN(CC(C)C)CCO1. The van der Waals surface area contributed by atoms with Gasteiger partial charge in [-0.3, -0.25) is 4.90 Å². The fourth-order valence-corrected chi connectivity index (χ4v) is 2.07. The number of ether oxygens (including phenoxy) is 1. The molecular weight excluding hydrogens is 174 g/mol. The molecule has 0 saturated carbocycles. The molecule has 0 radical (unpaired) electrons. The predicted octanol–water partition coefficient (Wildman–Crippen LogP) is 2.53. The minimum absolute atomic E-state index is 0.502. The third-order valence-electron chi connectivity index (χ3n) is 2.73. The third-order valence-corrected chi connectivity index (χ3v) is 2.73. The van der Waals surface area contributed by atoms with Crippen molar-refractivity contribution in [2.75, 3.05) is 26.2 Å². The maximum Gasteiger partial charge on any atom is 0.0702 e. The summed E-state index contributed by atoms with van der Waals surface area (Å²) in [5, 5.41) is 0. The molecular formula is C12H25NO. The van der Waals surface area contributed by atoms with Gasteiger partial charge in [0.25, 0.3) is 0 Å². The Morgan fingerprint density at radius 2 is 2.21 bits per heavy atom. The van der Waals surface area contributed by atoms with Gasteiger partial charge in [0.05, 0.1) is 12.7 Å². The van der Waals surface area contributed by atoms with E-state index in [4.69, 9.17) is 4.74 Å². The average molecular weight is 199 g/mol. The van der Waals surface area contributed by atoms with Crippen molar-refractivity contribution in [1.29, 1.82) is 0 Å². The van der Waals surface area contributed by atoms with E-state index in [1.807, 2.05) is 0 Å². The van der Waals surface area contributed by atoms with Crippen molar-refractivity contribution in [3.63, 3.8) is 0 Å². The normalized spacial score (nSPS) is 24.4. The molecule has 1 aliphatic heterocycles. The second-order valence-electron chi connectivity index (χ2n) is 4.79. The lowest BCUT2D eigenvalue weighted by Crippen LogP contribution is -2.43. The standard InChI is InChI=1S/C12H25NO/c1-4-5-6-12-10-13(7-8-14-12)9-11(2)3/h11-12H,4-10H2,1-3H3. The van der Waals surface area contributed by atoms with Gasteiger partial charge in [-0.1, -0.05) is 33.6 Å². The predicted molar refractivity (Wildman–Crippen MR) is 60.5 cm³/mol. The van der Waals surface area contributed by atoms with Gasteiger partial charge in [-0.2, -0.15) is 0 Å². The number of hydrogen-bond donors (Lipinski definition) is 0. The molecule has 84 valence electrons. The highest BCUT2D eigenvalue weighted by molar-refractivity contribution is 4.72. The zero-order valence-electron chi connectivity index (χ0n) is 9.96. The molecule has 1 atom stereocenters. The molecule has 0 aliphatic carbocycles. The summed E-state index contributed by atoms with van der Waals surface area (Å²) in [5.74, 6) is 0.778. The van der Waals surface area contributed by atoms with Gasteiger partial charge in [-0.25, -0.2) is 0 Å². The summed E-state index contributed by atoms with van der Waals surface area (Å²) in [4.78, 5) is 2.55. The molecule has 14 heavy (non-hydrogen) atoms. The van der Waals surface area contributed by atoms with Gasteiger partial charge >= 0.3 is 0 Å². The summed E-state index contributed by atoms with van der Waals surface area (Å²) in [6, 6.07) is 0. The molecule has 0 bridgehead atoms. The maximum atomic E-state index is 5.75. The molecule has 0 amide bonds. The van der Waals surface area contributed by atoms with E-state index in [9.17, 15) is 0 Å². The van der Waals surface area contributed by atoms with Crippen LogP contribution in [0.4, 0.5) is 0 Å². The minimum atomic E-state index is 0.502. The highest BCUT2D eigenvalue weighted by Gasteiger charge is 2.19. The number of hydrogen-bond acceptors (Lipinski definition) is 2. The van der Waals surface area contributed by atoms with Gasteiger partial charge in [0.15, 0.2) is 0 Å². The lowest BCUT2D eigenvalue weighted by Gasteiger charge is -2.33.